The average molecular weight is 388 g/mol. The highest BCUT2D eigenvalue weighted by atomic mass is 32.1. The highest BCUT2D eigenvalue weighted by molar-refractivity contribution is 7.18. The number of carbonyl (C=O) groups is 2. The van der Waals surface area contributed by atoms with E-state index in [1.807, 2.05) is 30.0 Å². The molecule has 2 amide bonds. The molecule has 3 rings (SSSR count). The summed E-state index contributed by atoms with van der Waals surface area (Å²) in [6.07, 6.45) is 0. The van der Waals surface area contributed by atoms with Crippen molar-refractivity contribution in [1.29, 1.82) is 0 Å². The van der Waals surface area contributed by atoms with Crippen LogP contribution >= 0.6 is 11.3 Å². The third kappa shape index (κ3) is 5.43. The lowest BCUT2D eigenvalue weighted by molar-refractivity contribution is -0.120. The van der Waals surface area contributed by atoms with Gasteiger partial charge < -0.3 is 15.0 Å². The first-order chi connectivity index (χ1) is 12.9. The Kier molecular flexibility index (Phi) is 6.33. The van der Waals surface area contributed by atoms with Gasteiger partial charge in [-0.1, -0.05) is 0 Å². The molecule has 1 unspecified atom stereocenters. The number of amides is 2. The van der Waals surface area contributed by atoms with Crippen molar-refractivity contribution in [1.82, 2.24) is 20.1 Å². The van der Waals surface area contributed by atoms with E-state index in [1.54, 1.807) is 19.2 Å². The van der Waals surface area contributed by atoms with Gasteiger partial charge in [-0.05, 0) is 19.1 Å². The van der Waals surface area contributed by atoms with Gasteiger partial charge in [-0.15, -0.1) is 11.3 Å². The second kappa shape index (κ2) is 8.71. The molecule has 9 heteroatoms. The molecule has 1 aliphatic heterocycles. The summed E-state index contributed by atoms with van der Waals surface area (Å²) in [5.74, 6) is 0.796. The number of aryl methyl sites for hydroxylation is 1. The number of aromatic nitrogens is 1. The zero-order chi connectivity index (χ0) is 19.4. The zero-order valence-electron chi connectivity index (χ0n) is 16.0. The van der Waals surface area contributed by atoms with E-state index in [9.17, 15) is 9.59 Å². The fourth-order valence-corrected chi connectivity index (χ4v) is 4.10. The first-order valence-corrected chi connectivity index (χ1v) is 9.97. The van der Waals surface area contributed by atoms with Crippen LogP contribution in [0.2, 0.25) is 0 Å². The average Bonchev–Trinajstić information content (AvgIpc) is 2.99. The molecule has 2 heterocycles. The van der Waals surface area contributed by atoms with Gasteiger partial charge in [0.05, 0.1) is 21.3 Å². The molecule has 0 bridgehead atoms. The number of nitrogens with zero attached hydrogens (tertiary/aromatic N) is 3. The van der Waals surface area contributed by atoms with Crippen molar-refractivity contribution in [2.75, 3.05) is 39.3 Å². The molecule has 0 saturated carbocycles. The van der Waals surface area contributed by atoms with Gasteiger partial charge in [-0.3, -0.25) is 14.5 Å². The molecule has 2 aromatic rings. The van der Waals surface area contributed by atoms with Crippen LogP contribution in [0.5, 0.6) is 5.75 Å². The molecule has 7 nitrogen and oxygen atoms in total. The minimum atomic E-state index is -0.112. The SMILES string of the molecule is BC(=O)N1CCN(CC(COc2ccc3sc(C)nc3c2)NC(C)=O)CC1. The fraction of sp³-hybridized carbons (Fsp3) is 0.500. The third-order valence-electron chi connectivity index (χ3n) is 4.62. The molecule has 0 aliphatic carbocycles. The third-order valence-corrected chi connectivity index (χ3v) is 5.57. The van der Waals surface area contributed by atoms with Gasteiger partial charge in [0.1, 0.15) is 12.4 Å². The number of fused-ring (bicyclic) bond motifs is 1. The van der Waals surface area contributed by atoms with Crippen LogP contribution in [0.3, 0.4) is 0 Å². The van der Waals surface area contributed by atoms with Crippen LogP contribution in [0.25, 0.3) is 10.2 Å². The Balaban J connectivity index is 1.57. The number of hydrogen-bond acceptors (Lipinski definition) is 6. The number of nitrogens with one attached hydrogen (secondary N) is 1. The minimum Gasteiger partial charge on any atom is -0.491 e. The maximum Gasteiger partial charge on any atom is 0.217 e. The molecule has 1 fully saturated rings. The topological polar surface area (TPSA) is 74.8 Å². The van der Waals surface area contributed by atoms with E-state index in [0.29, 0.717) is 13.2 Å². The summed E-state index contributed by atoms with van der Waals surface area (Å²) in [4.78, 5) is 31.6. The number of hydrogen-bond donors (Lipinski definition) is 1. The lowest BCUT2D eigenvalue weighted by Crippen LogP contribution is -2.53. The van der Waals surface area contributed by atoms with E-state index in [1.165, 1.54) is 6.92 Å². The highest BCUT2D eigenvalue weighted by Crippen LogP contribution is 2.25. The second-order valence-corrected chi connectivity index (χ2v) is 8.11. The Morgan fingerprint density at radius 1 is 1.33 bits per heavy atom. The Hall–Kier alpha value is -2.13. The van der Waals surface area contributed by atoms with Crippen molar-refractivity contribution in [3.05, 3.63) is 23.2 Å². The monoisotopic (exact) mass is 388 g/mol. The van der Waals surface area contributed by atoms with Crippen molar-refractivity contribution in [2.24, 2.45) is 0 Å². The van der Waals surface area contributed by atoms with Crippen molar-refractivity contribution < 1.29 is 14.3 Å². The van der Waals surface area contributed by atoms with Gasteiger partial charge in [-0.2, -0.15) is 0 Å². The number of benzene rings is 1. The lowest BCUT2D eigenvalue weighted by atomic mass is 10.1. The lowest BCUT2D eigenvalue weighted by Gasteiger charge is -2.36. The fourth-order valence-electron chi connectivity index (χ4n) is 3.29. The summed E-state index contributed by atoms with van der Waals surface area (Å²) in [5, 5.41) is 4.00. The number of thiazole rings is 1. The molecule has 1 atom stereocenters. The molecule has 0 spiro atoms. The summed E-state index contributed by atoms with van der Waals surface area (Å²) in [6.45, 7) is 7.66. The summed E-state index contributed by atoms with van der Waals surface area (Å²) in [5.41, 5.74) is 0.937. The van der Waals surface area contributed by atoms with Crippen LogP contribution in [-0.4, -0.2) is 79.7 Å². The number of piperazine rings is 1. The number of rotatable bonds is 6. The predicted molar refractivity (Wildman–Crippen MR) is 109 cm³/mol. The smallest absolute Gasteiger partial charge is 0.217 e. The Labute approximate surface area is 164 Å². The van der Waals surface area contributed by atoms with Crippen LogP contribution < -0.4 is 10.1 Å². The van der Waals surface area contributed by atoms with Gasteiger partial charge in [-0.25, -0.2) is 4.98 Å². The standard InChI is InChI=1S/C18H25BN4O3S/c1-12(24)20-14(10-22-5-7-23(8-6-22)18(19)25)11-26-15-3-4-17-16(9-15)21-13(2)27-17/h3-4,9,14H,5-8,10-11,19H2,1-2H3,(H,20,24). The molecule has 1 saturated heterocycles. The van der Waals surface area contributed by atoms with Crippen LogP contribution in [0.1, 0.15) is 11.9 Å². The molecular formula is C18H25BN4O3S. The molecule has 1 aromatic carbocycles. The second-order valence-electron chi connectivity index (χ2n) is 6.88. The van der Waals surface area contributed by atoms with Crippen molar-refractivity contribution in [2.45, 2.75) is 19.9 Å². The zero-order valence-corrected chi connectivity index (χ0v) is 16.8. The molecular weight excluding hydrogens is 363 g/mol. The Bertz CT molecular complexity index is 820. The van der Waals surface area contributed by atoms with E-state index < -0.39 is 0 Å². The van der Waals surface area contributed by atoms with Crippen molar-refractivity contribution >= 4 is 41.1 Å². The number of carbonyl (C=O) groups excluding carboxylic acids is 2. The van der Waals surface area contributed by atoms with E-state index in [2.05, 4.69) is 15.2 Å². The van der Waals surface area contributed by atoms with Crippen LogP contribution in [0.4, 0.5) is 4.79 Å². The van der Waals surface area contributed by atoms with Crippen molar-refractivity contribution in [3.8, 4) is 5.75 Å². The highest BCUT2D eigenvalue weighted by Gasteiger charge is 2.22. The van der Waals surface area contributed by atoms with Crippen LogP contribution in [-0.2, 0) is 4.79 Å². The van der Waals surface area contributed by atoms with Gasteiger partial charge in [0, 0.05) is 45.7 Å². The van der Waals surface area contributed by atoms with Gasteiger partial charge in [0.25, 0.3) is 0 Å². The maximum atomic E-state index is 11.6. The summed E-state index contributed by atoms with van der Waals surface area (Å²) < 4.78 is 7.09. The largest absolute Gasteiger partial charge is 0.491 e. The molecule has 1 aliphatic rings. The summed E-state index contributed by atoms with van der Waals surface area (Å²) in [6, 6.07) is 5.79. The maximum absolute atomic E-state index is 11.6. The van der Waals surface area contributed by atoms with E-state index >= 15 is 0 Å². The predicted octanol–water partition coefficient (Wildman–Crippen LogP) is 0.859. The van der Waals surface area contributed by atoms with Crippen molar-refractivity contribution in [3.63, 3.8) is 0 Å². The Morgan fingerprint density at radius 3 is 2.74 bits per heavy atom. The first-order valence-electron chi connectivity index (χ1n) is 9.15. The van der Waals surface area contributed by atoms with E-state index in [4.69, 9.17) is 4.74 Å². The molecule has 1 aromatic heterocycles. The molecule has 144 valence electrons. The summed E-state index contributed by atoms with van der Waals surface area (Å²) in [7, 11) is 1.60. The minimum absolute atomic E-state index is 0.0726. The summed E-state index contributed by atoms with van der Waals surface area (Å²) >= 11 is 1.66. The van der Waals surface area contributed by atoms with E-state index in [0.717, 1.165) is 47.2 Å². The van der Waals surface area contributed by atoms with Gasteiger partial charge >= 0.3 is 0 Å². The first kappa shape index (κ1) is 19.6. The van der Waals surface area contributed by atoms with Gasteiger partial charge in [0.15, 0.2) is 5.81 Å². The van der Waals surface area contributed by atoms with Gasteiger partial charge in [0.2, 0.25) is 13.8 Å². The molecule has 1 N–H and O–H groups in total. The normalized spacial score (nSPS) is 16.3. The number of ether oxygens (including phenoxy) is 1. The molecule has 27 heavy (non-hydrogen) atoms. The molecule has 0 radical (unpaired) electrons. The Morgan fingerprint density at radius 2 is 2.07 bits per heavy atom. The van der Waals surface area contributed by atoms with Crippen LogP contribution in [0, 0.1) is 6.92 Å². The van der Waals surface area contributed by atoms with Crippen LogP contribution in [0.15, 0.2) is 18.2 Å². The van der Waals surface area contributed by atoms with E-state index in [-0.39, 0.29) is 17.8 Å². The quantitative estimate of drug-likeness (QED) is 0.743.